The molecule has 0 bridgehead atoms. The van der Waals surface area contributed by atoms with Gasteiger partial charge in [-0.1, -0.05) is 24.3 Å². The molecule has 0 saturated carbocycles. The van der Waals surface area contributed by atoms with Gasteiger partial charge in [-0.05, 0) is 12.1 Å². The molecule has 1 aliphatic rings. The maximum Gasteiger partial charge on any atom is 0.213 e. The van der Waals surface area contributed by atoms with E-state index in [-0.39, 0.29) is 11.1 Å². The topological polar surface area (TPSA) is 52.6 Å². The Labute approximate surface area is 132 Å². The van der Waals surface area contributed by atoms with E-state index in [0.29, 0.717) is 0 Å². The van der Waals surface area contributed by atoms with Crippen LogP contribution in [0.25, 0.3) is 0 Å². The van der Waals surface area contributed by atoms with Crippen LogP contribution in [0.15, 0.2) is 46.2 Å². The lowest BCUT2D eigenvalue weighted by Gasteiger charge is -2.24. The fraction of sp³-hybridized carbons (Fsp3) is 0.250. The number of rotatable bonds is 2. The van der Waals surface area contributed by atoms with Gasteiger partial charge in [0.05, 0.1) is 0 Å². The maximum atomic E-state index is 14.3. The second-order valence-corrected chi connectivity index (χ2v) is 6.96. The fourth-order valence-corrected chi connectivity index (χ4v) is 4.84. The summed E-state index contributed by atoms with van der Waals surface area (Å²) in [7, 11) is -1.67. The van der Waals surface area contributed by atoms with Crippen LogP contribution in [0.3, 0.4) is 0 Å². The van der Waals surface area contributed by atoms with Crippen molar-refractivity contribution in [2.24, 2.45) is 0 Å². The van der Waals surface area contributed by atoms with Crippen molar-refractivity contribution in [3.63, 3.8) is 0 Å². The first-order valence-corrected chi connectivity index (χ1v) is 8.29. The van der Waals surface area contributed by atoms with Crippen molar-refractivity contribution in [1.82, 2.24) is 0 Å². The van der Waals surface area contributed by atoms with Gasteiger partial charge >= 0.3 is 0 Å². The van der Waals surface area contributed by atoms with E-state index in [9.17, 15) is 17.2 Å². The number of hydrogen-bond donors (Lipinski definition) is 0. The number of ether oxygens (including phenoxy) is 2. The van der Waals surface area contributed by atoms with Crippen LogP contribution in [0.1, 0.15) is 23.3 Å². The average Bonchev–Trinajstić information content (AvgIpc) is 2.59. The van der Waals surface area contributed by atoms with Gasteiger partial charge in [0.25, 0.3) is 0 Å². The molecule has 0 amide bonds. The second-order valence-electron chi connectivity index (χ2n) is 5.13. The quantitative estimate of drug-likeness (QED) is 0.842. The zero-order valence-corrected chi connectivity index (χ0v) is 13.2. The smallest absolute Gasteiger partial charge is 0.213 e. The summed E-state index contributed by atoms with van der Waals surface area (Å²) in [6.07, 6.45) is -1.77. The molecule has 23 heavy (non-hydrogen) atoms. The Morgan fingerprint density at radius 1 is 0.826 bits per heavy atom. The number of benzene rings is 2. The Morgan fingerprint density at radius 2 is 1.22 bits per heavy atom. The van der Waals surface area contributed by atoms with Crippen LogP contribution in [0.2, 0.25) is 0 Å². The summed E-state index contributed by atoms with van der Waals surface area (Å²) < 4.78 is 65.1. The molecule has 2 atom stereocenters. The van der Waals surface area contributed by atoms with Crippen LogP contribution in [-0.2, 0) is 19.3 Å². The zero-order chi connectivity index (χ0) is 16.8. The number of halogens is 2. The van der Waals surface area contributed by atoms with Crippen molar-refractivity contribution in [1.29, 1.82) is 0 Å². The number of sulfone groups is 1. The van der Waals surface area contributed by atoms with E-state index < -0.39 is 43.5 Å². The van der Waals surface area contributed by atoms with Crippen molar-refractivity contribution >= 4 is 9.84 Å². The lowest BCUT2D eigenvalue weighted by Crippen LogP contribution is -2.15. The summed E-state index contributed by atoms with van der Waals surface area (Å²) in [5.41, 5.74) is 0.213. The minimum absolute atomic E-state index is 0.106. The van der Waals surface area contributed by atoms with E-state index in [4.69, 9.17) is 9.47 Å². The summed E-state index contributed by atoms with van der Waals surface area (Å²) in [5.74, 6) is -1.90. The predicted octanol–water partition coefficient (Wildman–Crippen LogP) is 3.19. The Morgan fingerprint density at radius 3 is 1.57 bits per heavy atom. The third-order valence-corrected chi connectivity index (χ3v) is 5.86. The standard InChI is InChI=1S/C16H14F2O4S/c1-21-13-9-5-3-7-11(17)15(9)23(19,20)16-10(14(13)22-2)6-4-8-12(16)18/h3-8,13-14H,1-2H3/t13-,14-/m1/s1. The Balaban J connectivity index is 2.50. The molecule has 2 aromatic rings. The normalized spacial score (nSPS) is 22.1. The van der Waals surface area contributed by atoms with Gasteiger partial charge in [0, 0.05) is 25.3 Å². The van der Waals surface area contributed by atoms with Crippen LogP contribution in [-0.4, -0.2) is 22.6 Å². The SMILES string of the molecule is CO[C@@H]1c2cccc(F)c2S(=O)(=O)c2c(F)cccc2[C@H]1OC. The molecule has 7 heteroatoms. The minimum atomic E-state index is -4.40. The van der Waals surface area contributed by atoms with Gasteiger partial charge in [0.1, 0.15) is 33.6 Å². The highest BCUT2D eigenvalue weighted by molar-refractivity contribution is 7.91. The molecule has 0 radical (unpaired) electrons. The van der Waals surface area contributed by atoms with E-state index in [1.807, 2.05) is 0 Å². The van der Waals surface area contributed by atoms with Crippen molar-refractivity contribution in [3.8, 4) is 0 Å². The molecule has 0 aliphatic carbocycles. The molecular formula is C16H14F2O4S. The average molecular weight is 340 g/mol. The molecule has 3 rings (SSSR count). The maximum absolute atomic E-state index is 14.3. The highest BCUT2D eigenvalue weighted by Gasteiger charge is 2.41. The van der Waals surface area contributed by atoms with Crippen molar-refractivity contribution in [2.75, 3.05) is 14.2 Å². The van der Waals surface area contributed by atoms with Crippen molar-refractivity contribution in [2.45, 2.75) is 22.0 Å². The van der Waals surface area contributed by atoms with E-state index in [2.05, 4.69) is 0 Å². The summed E-state index contributed by atoms with van der Waals surface area (Å²) in [6, 6.07) is 7.71. The molecule has 0 spiro atoms. The first-order chi connectivity index (χ1) is 10.9. The van der Waals surface area contributed by atoms with Crippen LogP contribution in [0, 0.1) is 11.6 Å². The molecule has 0 saturated heterocycles. The van der Waals surface area contributed by atoms with Gasteiger partial charge in [0.2, 0.25) is 9.84 Å². The summed E-state index contributed by atoms with van der Waals surface area (Å²) in [6.45, 7) is 0. The minimum Gasteiger partial charge on any atom is -0.374 e. The summed E-state index contributed by atoms with van der Waals surface area (Å²) >= 11 is 0. The fourth-order valence-electron chi connectivity index (χ4n) is 3.00. The summed E-state index contributed by atoms with van der Waals surface area (Å²) in [4.78, 5) is -1.14. The van der Waals surface area contributed by atoms with Crippen molar-refractivity contribution in [3.05, 3.63) is 59.2 Å². The van der Waals surface area contributed by atoms with Crippen molar-refractivity contribution < 1.29 is 26.7 Å². The van der Waals surface area contributed by atoms with Gasteiger partial charge in [0.15, 0.2) is 0 Å². The molecule has 0 N–H and O–H groups in total. The molecule has 4 nitrogen and oxygen atoms in total. The third kappa shape index (κ3) is 2.27. The molecule has 0 unspecified atom stereocenters. The third-order valence-electron chi connectivity index (χ3n) is 3.93. The van der Waals surface area contributed by atoms with Gasteiger partial charge in [-0.3, -0.25) is 0 Å². The van der Waals surface area contributed by atoms with E-state index in [1.165, 1.54) is 38.5 Å². The lowest BCUT2D eigenvalue weighted by molar-refractivity contribution is -0.0420. The van der Waals surface area contributed by atoms with E-state index >= 15 is 0 Å². The van der Waals surface area contributed by atoms with Crippen LogP contribution >= 0.6 is 0 Å². The Hall–Kier alpha value is -1.83. The largest absolute Gasteiger partial charge is 0.374 e. The molecule has 0 aromatic heterocycles. The monoisotopic (exact) mass is 340 g/mol. The highest BCUT2D eigenvalue weighted by Crippen LogP contribution is 2.46. The van der Waals surface area contributed by atoms with Gasteiger partial charge in [-0.2, -0.15) is 0 Å². The van der Waals surface area contributed by atoms with Gasteiger partial charge in [-0.15, -0.1) is 0 Å². The molecule has 1 heterocycles. The van der Waals surface area contributed by atoms with Crippen LogP contribution in [0.5, 0.6) is 0 Å². The van der Waals surface area contributed by atoms with Crippen LogP contribution < -0.4 is 0 Å². The number of hydrogen-bond acceptors (Lipinski definition) is 4. The van der Waals surface area contributed by atoms with Gasteiger partial charge < -0.3 is 9.47 Å². The Bertz CT molecular complexity index is 799. The molecule has 2 aromatic carbocycles. The van der Waals surface area contributed by atoms with Gasteiger partial charge in [-0.25, -0.2) is 17.2 Å². The molecular weight excluding hydrogens is 326 g/mol. The first-order valence-electron chi connectivity index (χ1n) is 6.81. The predicted molar refractivity (Wildman–Crippen MR) is 77.8 cm³/mol. The lowest BCUT2D eigenvalue weighted by atomic mass is 9.98. The van der Waals surface area contributed by atoms with Crippen LogP contribution in [0.4, 0.5) is 8.78 Å². The first kappa shape index (κ1) is 16.0. The Kier molecular flexibility index (Phi) is 3.95. The number of fused-ring (bicyclic) bond motifs is 2. The second kappa shape index (κ2) is 5.67. The molecule has 122 valence electrons. The summed E-state index contributed by atoms with van der Waals surface area (Å²) in [5, 5.41) is 0. The zero-order valence-electron chi connectivity index (χ0n) is 12.4. The van der Waals surface area contributed by atoms with E-state index in [0.717, 1.165) is 12.1 Å². The highest BCUT2D eigenvalue weighted by atomic mass is 32.2. The van der Waals surface area contributed by atoms with E-state index in [1.54, 1.807) is 0 Å². The molecule has 0 fully saturated rings. The molecule has 1 aliphatic heterocycles. The number of methoxy groups -OCH3 is 2.